The van der Waals surface area contributed by atoms with Gasteiger partial charge in [0.05, 0.1) is 24.3 Å². The number of nitrogens with zero attached hydrogens (tertiary/aromatic N) is 1. The molecule has 0 aliphatic carbocycles. The van der Waals surface area contributed by atoms with E-state index < -0.39 is 11.8 Å². The predicted octanol–water partition coefficient (Wildman–Crippen LogP) is 2.08. The lowest BCUT2D eigenvalue weighted by molar-refractivity contribution is -0.120. The second kappa shape index (κ2) is 10.4. The molecule has 0 fully saturated rings. The average molecular weight is 488 g/mol. The Hall–Kier alpha value is -3.71. The van der Waals surface area contributed by atoms with Crippen molar-refractivity contribution in [3.8, 4) is 35.3 Å². The first-order valence-electron chi connectivity index (χ1n) is 8.95. The minimum Gasteiger partial charge on any atom is -0.493 e. The van der Waals surface area contributed by atoms with Crippen molar-refractivity contribution in [3.05, 3.63) is 45.9 Å². The minimum absolute atomic E-state index is 0.0937. The predicted molar refractivity (Wildman–Crippen MR) is 116 cm³/mol. The number of ether oxygens (including phenoxy) is 4. The highest BCUT2D eigenvalue weighted by Crippen LogP contribution is 2.36. The van der Waals surface area contributed by atoms with Crippen LogP contribution in [0.5, 0.6) is 23.0 Å². The molecule has 31 heavy (non-hydrogen) atoms. The van der Waals surface area contributed by atoms with E-state index in [-0.39, 0.29) is 19.9 Å². The lowest BCUT2D eigenvalue weighted by Gasteiger charge is -2.11. The quantitative estimate of drug-likeness (QED) is 0.335. The highest BCUT2D eigenvalue weighted by molar-refractivity contribution is 9.10. The van der Waals surface area contributed by atoms with Gasteiger partial charge < -0.3 is 24.3 Å². The van der Waals surface area contributed by atoms with Crippen molar-refractivity contribution < 1.29 is 28.5 Å². The summed E-state index contributed by atoms with van der Waals surface area (Å²) in [6.07, 6.45) is 6.64. The fraction of sp³-hybridized carbons (Fsp3) is 0.190. The van der Waals surface area contributed by atoms with Gasteiger partial charge in [-0.05, 0) is 51.8 Å². The molecule has 0 radical (unpaired) electrons. The van der Waals surface area contributed by atoms with Crippen LogP contribution in [0.3, 0.4) is 0 Å². The first-order valence-corrected chi connectivity index (χ1v) is 9.74. The van der Waals surface area contributed by atoms with Crippen molar-refractivity contribution in [2.24, 2.45) is 5.10 Å². The summed E-state index contributed by atoms with van der Waals surface area (Å²) in [6.45, 7) is -0.0448. The van der Waals surface area contributed by atoms with Crippen LogP contribution in [-0.2, 0) is 4.79 Å². The summed E-state index contributed by atoms with van der Waals surface area (Å²) in [5.41, 5.74) is 3.33. The first kappa shape index (κ1) is 22.0. The van der Waals surface area contributed by atoms with Crippen molar-refractivity contribution >= 4 is 34.0 Å². The number of nitrogens with one attached hydrogen (secondary N) is 2. The van der Waals surface area contributed by atoms with Crippen LogP contribution in [0.2, 0.25) is 0 Å². The molecule has 0 spiro atoms. The molecule has 0 atom stereocenters. The molecule has 10 heteroatoms. The van der Waals surface area contributed by atoms with Crippen LogP contribution < -0.4 is 29.7 Å². The molecule has 2 aromatic carbocycles. The Kier molecular flexibility index (Phi) is 7.35. The fourth-order valence-corrected chi connectivity index (χ4v) is 3.16. The highest BCUT2D eigenvalue weighted by atomic mass is 79.9. The third-order valence-electron chi connectivity index (χ3n) is 4.00. The molecule has 9 nitrogen and oxygen atoms in total. The third-order valence-corrected chi connectivity index (χ3v) is 4.59. The Labute approximate surface area is 186 Å². The molecule has 0 aromatic heterocycles. The number of hydrogen-bond donors (Lipinski definition) is 2. The number of terminal acetylenes is 1. The molecule has 0 saturated carbocycles. The van der Waals surface area contributed by atoms with Crippen molar-refractivity contribution in [2.75, 3.05) is 27.1 Å². The second-order valence-corrected chi connectivity index (χ2v) is 6.93. The molecule has 1 heterocycles. The molecule has 160 valence electrons. The summed E-state index contributed by atoms with van der Waals surface area (Å²) in [5.74, 6) is 3.44. The van der Waals surface area contributed by atoms with Crippen LogP contribution in [0.1, 0.15) is 15.9 Å². The second-order valence-electron chi connectivity index (χ2n) is 6.07. The molecule has 1 aliphatic heterocycles. The maximum atomic E-state index is 12.2. The Morgan fingerprint density at radius 1 is 1.29 bits per heavy atom. The molecule has 0 saturated heterocycles. The van der Waals surface area contributed by atoms with E-state index in [4.69, 9.17) is 25.4 Å². The number of rotatable bonds is 8. The number of carbonyl (C=O) groups excluding carboxylic acids is 2. The lowest BCUT2D eigenvalue weighted by Crippen LogP contribution is -2.34. The van der Waals surface area contributed by atoms with Gasteiger partial charge >= 0.3 is 0 Å². The van der Waals surface area contributed by atoms with E-state index in [0.717, 1.165) is 0 Å². The van der Waals surface area contributed by atoms with Gasteiger partial charge in [-0.3, -0.25) is 9.59 Å². The van der Waals surface area contributed by atoms with Crippen molar-refractivity contribution in [3.63, 3.8) is 0 Å². The zero-order valence-corrected chi connectivity index (χ0v) is 18.0. The standard InChI is InChI=1S/C21H18BrN3O6/c1-3-6-29-20-15(22)7-13(8-18(20)28-2)10-24-25-19(26)11-23-21(27)14-4-5-16-17(9-14)31-12-30-16/h1,4-5,7-10H,6,11-12H2,2H3,(H,23,27)(H,25,26)/b24-10+. The summed E-state index contributed by atoms with van der Waals surface area (Å²) in [6, 6.07) is 8.17. The van der Waals surface area contributed by atoms with Gasteiger partial charge in [0.25, 0.3) is 11.8 Å². The zero-order chi connectivity index (χ0) is 22.2. The van der Waals surface area contributed by atoms with Crippen LogP contribution in [0, 0.1) is 12.3 Å². The summed E-state index contributed by atoms with van der Waals surface area (Å²) in [4.78, 5) is 24.2. The Balaban J connectivity index is 1.53. The van der Waals surface area contributed by atoms with Crippen LogP contribution in [-0.4, -0.2) is 45.1 Å². The van der Waals surface area contributed by atoms with Gasteiger partial charge in [0.2, 0.25) is 6.79 Å². The number of amides is 2. The number of fused-ring (bicyclic) bond motifs is 1. The molecular weight excluding hydrogens is 470 g/mol. The Bertz CT molecular complexity index is 1060. The molecule has 2 N–H and O–H groups in total. The van der Waals surface area contributed by atoms with Gasteiger partial charge in [-0.15, -0.1) is 6.42 Å². The SMILES string of the molecule is C#CCOc1c(Br)cc(/C=N/NC(=O)CNC(=O)c2ccc3c(c2)OCO3)cc1OC. The topological polar surface area (TPSA) is 107 Å². The van der Waals surface area contributed by atoms with E-state index in [1.165, 1.54) is 13.3 Å². The van der Waals surface area contributed by atoms with E-state index in [9.17, 15) is 9.59 Å². The Morgan fingerprint density at radius 2 is 2.10 bits per heavy atom. The van der Waals surface area contributed by atoms with E-state index in [2.05, 4.69) is 37.7 Å². The normalized spacial score (nSPS) is 11.6. The molecule has 0 unspecified atom stereocenters. The van der Waals surface area contributed by atoms with Gasteiger partial charge in [0.1, 0.15) is 6.61 Å². The van der Waals surface area contributed by atoms with E-state index >= 15 is 0 Å². The van der Waals surface area contributed by atoms with Crippen LogP contribution in [0.25, 0.3) is 0 Å². The van der Waals surface area contributed by atoms with Crippen LogP contribution >= 0.6 is 15.9 Å². The summed E-state index contributed by atoms with van der Waals surface area (Å²) < 4.78 is 21.8. The third kappa shape index (κ3) is 5.67. The molecular formula is C21H18BrN3O6. The maximum absolute atomic E-state index is 12.2. The molecule has 3 rings (SSSR count). The molecule has 2 amide bonds. The number of halogens is 1. The van der Waals surface area contributed by atoms with Gasteiger partial charge in [-0.1, -0.05) is 5.92 Å². The Morgan fingerprint density at radius 3 is 2.87 bits per heavy atom. The molecule has 0 bridgehead atoms. The number of carbonyl (C=O) groups is 2. The fourth-order valence-electron chi connectivity index (χ4n) is 2.59. The zero-order valence-electron chi connectivity index (χ0n) is 16.4. The van der Waals surface area contributed by atoms with Crippen molar-refractivity contribution in [2.45, 2.75) is 0 Å². The van der Waals surface area contributed by atoms with E-state index in [1.54, 1.807) is 30.3 Å². The molecule has 1 aliphatic rings. The average Bonchev–Trinajstić information content (AvgIpc) is 3.24. The monoisotopic (exact) mass is 487 g/mol. The van der Waals surface area contributed by atoms with Crippen molar-refractivity contribution in [1.29, 1.82) is 0 Å². The van der Waals surface area contributed by atoms with Crippen molar-refractivity contribution in [1.82, 2.24) is 10.7 Å². The molecule has 2 aromatic rings. The lowest BCUT2D eigenvalue weighted by atomic mass is 10.2. The van der Waals surface area contributed by atoms with Gasteiger partial charge in [0.15, 0.2) is 23.0 Å². The van der Waals surface area contributed by atoms with E-state index in [1.807, 2.05) is 0 Å². The van der Waals surface area contributed by atoms with Gasteiger partial charge in [0, 0.05) is 5.56 Å². The summed E-state index contributed by atoms with van der Waals surface area (Å²) >= 11 is 3.38. The summed E-state index contributed by atoms with van der Waals surface area (Å²) in [7, 11) is 1.50. The largest absolute Gasteiger partial charge is 0.493 e. The maximum Gasteiger partial charge on any atom is 0.259 e. The van der Waals surface area contributed by atoms with Crippen LogP contribution in [0.4, 0.5) is 0 Å². The minimum atomic E-state index is -0.495. The van der Waals surface area contributed by atoms with Crippen LogP contribution in [0.15, 0.2) is 39.9 Å². The smallest absolute Gasteiger partial charge is 0.259 e. The summed E-state index contributed by atoms with van der Waals surface area (Å²) in [5, 5.41) is 6.40. The van der Waals surface area contributed by atoms with Gasteiger partial charge in [-0.25, -0.2) is 5.43 Å². The number of hydrazone groups is 1. The number of benzene rings is 2. The highest BCUT2D eigenvalue weighted by Gasteiger charge is 2.16. The van der Waals surface area contributed by atoms with E-state index in [0.29, 0.717) is 38.6 Å². The number of hydrogen-bond acceptors (Lipinski definition) is 7. The first-order chi connectivity index (χ1) is 15.0. The number of methoxy groups -OCH3 is 1. The van der Waals surface area contributed by atoms with Gasteiger partial charge in [-0.2, -0.15) is 5.10 Å².